The number of nitrogens with zero attached hydrogens (tertiary/aromatic N) is 1. The van der Waals surface area contributed by atoms with Gasteiger partial charge in [0.05, 0.1) is 5.69 Å². The smallest absolute Gasteiger partial charge is 0.318 e. The molecule has 1 aromatic rings. The number of halogens is 2. The number of guanidine groups is 1. The lowest BCUT2D eigenvalue weighted by atomic mass is 10.3. The van der Waals surface area contributed by atoms with E-state index in [1.807, 2.05) is 6.07 Å². The first kappa shape index (κ1) is 12.0. The number of primary amides is 1. The van der Waals surface area contributed by atoms with Gasteiger partial charge in [-0.3, -0.25) is 5.32 Å². The van der Waals surface area contributed by atoms with E-state index >= 15 is 0 Å². The van der Waals surface area contributed by atoms with Crippen molar-refractivity contribution in [3.05, 3.63) is 27.1 Å². The molecule has 0 radical (unpaired) electrons. The molecule has 0 atom stereocenters. The molecule has 0 aliphatic heterocycles. The molecule has 80 valence electrons. The van der Waals surface area contributed by atoms with Crippen LogP contribution in [0.2, 0.25) is 0 Å². The van der Waals surface area contributed by atoms with Crippen LogP contribution in [0.25, 0.3) is 0 Å². The summed E-state index contributed by atoms with van der Waals surface area (Å²) in [7, 11) is 0. The molecule has 0 heterocycles. The van der Waals surface area contributed by atoms with Gasteiger partial charge < -0.3 is 11.5 Å². The first-order valence-corrected chi connectivity index (χ1v) is 5.44. The van der Waals surface area contributed by atoms with Crippen LogP contribution in [-0.2, 0) is 0 Å². The largest absolute Gasteiger partial charge is 0.369 e. The second kappa shape index (κ2) is 5.13. The van der Waals surface area contributed by atoms with Crippen molar-refractivity contribution in [2.24, 2.45) is 16.5 Å². The lowest BCUT2D eigenvalue weighted by molar-refractivity contribution is 0.253. The summed E-state index contributed by atoms with van der Waals surface area (Å²) in [6.07, 6.45) is 0. The monoisotopic (exact) mass is 334 g/mol. The summed E-state index contributed by atoms with van der Waals surface area (Å²) >= 11 is 6.61. The molecule has 0 saturated carbocycles. The highest BCUT2D eigenvalue weighted by Crippen LogP contribution is 2.32. The Labute approximate surface area is 103 Å². The zero-order valence-electron chi connectivity index (χ0n) is 7.50. The fourth-order valence-electron chi connectivity index (χ4n) is 0.870. The van der Waals surface area contributed by atoms with Crippen LogP contribution in [-0.4, -0.2) is 12.0 Å². The topological polar surface area (TPSA) is 93.5 Å². The van der Waals surface area contributed by atoms with Gasteiger partial charge in [0.25, 0.3) is 0 Å². The molecule has 0 aliphatic carbocycles. The van der Waals surface area contributed by atoms with Crippen molar-refractivity contribution in [2.75, 3.05) is 0 Å². The van der Waals surface area contributed by atoms with Crippen LogP contribution in [0.3, 0.4) is 0 Å². The summed E-state index contributed by atoms with van der Waals surface area (Å²) in [5.41, 5.74) is 10.9. The molecular formula is C8H8Br2N4O. The van der Waals surface area contributed by atoms with E-state index in [2.05, 4.69) is 42.2 Å². The lowest BCUT2D eigenvalue weighted by Crippen LogP contribution is -2.39. The number of carbonyl (C=O) groups is 1. The number of urea groups is 1. The summed E-state index contributed by atoms with van der Waals surface area (Å²) in [5.74, 6) is -0.0601. The van der Waals surface area contributed by atoms with Gasteiger partial charge in [-0.15, -0.1) is 0 Å². The van der Waals surface area contributed by atoms with Crippen LogP contribution in [0.15, 0.2) is 32.1 Å². The van der Waals surface area contributed by atoms with E-state index in [1.165, 1.54) is 0 Å². The average Bonchev–Trinajstić information content (AvgIpc) is 2.10. The van der Waals surface area contributed by atoms with Crippen molar-refractivity contribution in [2.45, 2.75) is 0 Å². The van der Waals surface area contributed by atoms with Crippen molar-refractivity contribution in [1.82, 2.24) is 5.32 Å². The summed E-state index contributed by atoms with van der Waals surface area (Å²) < 4.78 is 1.51. The molecule has 0 aliphatic rings. The molecule has 2 amide bonds. The number of benzene rings is 1. The standard InChI is InChI=1S/C8H8Br2N4O/c9-4-2-1-3-5(10)6(4)13-7(11)14-8(12)15/h1-3H,(H5,11,12,13,14,15). The average molecular weight is 336 g/mol. The minimum Gasteiger partial charge on any atom is -0.369 e. The van der Waals surface area contributed by atoms with Crippen LogP contribution in [0, 0.1) is 0 Å². The van der Waals surface area contributed by atoms with Crippen molar-refractivity contribution in [1.29, 1.82) is 0 Å². The van der Waals surface area contributed by atoms with Crippen molar-refractivity contribution < 1.29 is 4.79 Å². The zero-order chi connectivity index (χ0) is 11.4. The second-order valence-electron chi connectivity index (χ2n) is 2.56. The molecule has 0 aromatic heterocycles. The minimum absolute atomic E-state index is 0.0601. The van der Waals surface area contributed by atoms with Crippen molar-refractivity contribution in [3.8, 4) is 0 Å². The van der Waals surface area contributed by atoms with Crippen molar-refractivity contribution >= 4 is 49.5 Å². The number of para-hydroxylation sites is 1. The van der Waals surface area contributed by atoms with E-state index in [-0.39, 0.29) is 5.96 Å². The zero-order valence-corrected chi connectivity index (χ0v) is 10.7. The molecule has 1 aromatic carbocycles. The number of nitrogens with one attached hydrogen (secondary N) is 1. The molecule has 0 fully saturated rings. The quantitative estimate of drug-likeness (QED) is 0.539. The third-order valence-corrected chi connectivity index (χ3v) is 2.70. The van der Waals surface area contributed by atoms with E-state index in [0.29, 0.717) is 5.69 Å². The van der Waals surface area contributed by atoms with Gasteiger partial charge in [-0.2, -0.15) is 0 Å². The number of hydrogen-bond acceptors (Lipinski definition) is 2. The Hall–Kier alpha value is -1.08. The van der Waals surface area contributed by atoms with Gasteiger partial charge in [-0.1, -0.05) is 6.07 Å². The van der Waals surface area contributed by atoms with Crippen LogP contribution < -0.4 is 16.8 Å². The highest BCUT2D eigenvalue weighted by Gasteiger charge is 2.04. The van der Waals surface area contributed by atoms with E-state index in [4.69, 9.17) is 11.5 Å². The summed E-state index contributed by atoms with van der Waals surface area (Å²) in [5, 5.41) is 2.17. The molecule has 1 rings (SSSR count). The maximum atomic E-state index is 10.5. The summed E-state index contributed by atoms with van der Waals surface area (Å²) in [6, 6.07) is 4.70. The molecular weight excluding hydrogens is 328 g/mol. The van der Waals surface area contributed by atoms with E-state index in [0.717, 1.165) is 8.95 Å². The van der Waals surface area contributed by atoms with Gasteiger partial charge in [0, 0.05) is 8.95 Å². The third-order valence-electron chi connectivity index (χ3n) is 1.42. The third kappa shape index (κ3) is 3.52. The number of rotatable bonds is 1. The molecule has 7 heteroatoms. The molecule has 5 N–H and O–H groups in total. The summed E-state index contributed by atoms with van der Waals surface area (Å²) in [4.78, 5) is 14.5. The Kier molecular flexibility index (Phi) is 4.10. The van der Waals surface area contributed by atoms with Crippen LogP contribution in [0.1, 0.15) is 0 Å². The number of aliphatic imine (C=N–C) groups is 1. The Morgan fingerprint density at radius 3 is 2.27 bits per heavy atom. The lowest BCUT2D eigenvalue weighted by Gasteiger charge is -2.04. The minimum atomic E-state index is -0.751. The molecule has 0 bridgehead atoms. The normalized spacial score (nSPS) is 11.2. The van der Waals surface area contributed by atoms with Crippen LogP contribution >= 0.6 is 31.9 Å². The van der Waals surface area contributed by atoms with E-state index in [9.17, 15) is 4.79 Å². The molecule has 5 nitrogen and oxygen atoms in total. The van der Waals surface area contributed by atoms with Gasteiger partial charge in [0.2, 0.25) is 5.96 Å². The highest BCUT2D eigenvalue weighted by molar-refractivity contribution is 9.11. The predicted octanol–water partition coefficient (Wildman–Crippen LogP) is 1.83. The number of amides is 2. The Bertz CT molecular complexity index is 399. The SMILES string of the molecule is NC(=O)NC(N)=Nc1c(Br)cccc1Br. The van der Waals surface area contributed by atoms with Gasteiger partial charge in [0.1, 0.15) is 0 Å². The van der Waals surface area contributed by atoms with Crippen molar-refractivity contribution in [3.63, 3.8) is 0 Å². The van der Waals surface area contributed by atoms with Gasteiger partial charge in [0.15, 0.2) is 0 Å². The first-order valence-electron chi connectivity index (χ1n) is 3.85. The van der Waals surface area contributed by atoms with Gasteiger partial charge in [-0.05, 0) is 44.0 Å². The van der Waals surface area contributed by atoms with Crippen LogP contribution in [0.4, 0.5) is 10.5 Å². The Morgan fingerprint density at radius 1 is 1.27 bits per heavy atom. The molecule has 0 unspecified atom stereocenters. The molecule has 15 heavy (non-hydrogen) atoms. The Morgan fingerprint density at radius 2 is 1.80 bits per heavy atom. The fourth-order valence-corrected chi connectivity index (χ4v) is 2.05. The maximum absolute atomic E-state index is 10.5. The molecule has 0 spiro atoms. The number of carbonyl (C=O) groups excluding carboxylic acids is 1. The maximum Gasteiger partial charge on any atom is 0.318 e. The van der Waals surface area contributed by atoms with E-state index in [1.54, 1.807) is 12.1 Å². The van der Waals surface area contributed by atoms with Crippen LogP contribution in [0.5, 0.6) is 0 Å². The second-order valence-corrected chi connectivity index (χ2v) is 4.27. The Balaban J connectivity index is 3.02. The van der Waals surface area contributed by atoms with Gasteiger partial charge >= 0.3 is 6.03 Å². The highest BCUT2D eigenvalue weighted by atomic mass is 79.9. The number of nitrogens with two attached hydrogens (primary N) is 2. The predicted molar refractivity (Wildman–Crippen MR) is 65.8 cm³/mol. The first-order chi connectivity index (χ1) is 7.00. The number of hydrogen-bond donors (Lipinski definition) is 3. The fraction of sp³-hybridized carbons (Fsp3) is 0. The molecule has 0 saturated heterocycles. The summed E-state index contributed by atoms with van der Waals surface area (Å²) in [6.45, 7) is 0. The van der Waals surface area contributed by atoms with Gasteiger partial charge in [-0.25, -0.2) is 9.79 Å². The van der Waals surface area contributed by atoms with E-state index < -0.39 is 6.03 Å².